The third-order valence-electron chi connectivity index (χ3n) is 6.19. The first kappa shape index (κ1) is 20.9. The molecule has 33 heavy (non-hydrogen) atoms. The first-order valence-electron chi connectivity index (χ1n) is 10.6. The van der Waals surface area contributed by atoms with Gasteiger partial charge >= 0.3 is 0 Å². The van der Waals surface area contributed by atoms with E-state index in [4.69, 9.17) is 4.98 Å². The zero-order valence-corrected chi connectivity index (χ0v) is 20.6. The zero-order valence-electron chi connectivity index (χ0n) is 17.4. The van der Waals surface area contributed by atoms with Crippen molar-refractivity contribution in [2.45, 2.75) is 18.9 Å². The van der Waals surface area contributed by atoms with Crippen molar-refractivity contribution in [3.63, 3.8) is 0 Å². The molecule has 168 valence electrons. The van der Waals surface area contributed by atoms with Crippen molar-refractivity contribution < 1.29 is 9.18 Å². The maximum Gasteiger partial charge on any atom is 0.274 e. The second kappa shape index (κ2) is 8.28. The van der Waals surface area contributed by atoms with Gasteiger partial charge < -0.3 is 14.1 Å². The van der Waals surface area contributed by atoms with Gasteiger partial charge in [0, 0.05) is 44.3 Å². The summed E-state index contributed by atoms with van der Waals surface area (Å²) in [5.41, 5.74) is 3.48. The fourth-order valence-corrected chi connectivity index (χ4v) is 6.06. The van der Waals surface area contributed by atoms with Crippen LogP contribution in [-0.4, -0.2) is 59.3 Å². The number of hydrogen-bond acceptors (Lipinski definition) is 6. The van der Waals surface area contributed by atoms with Crippen LogP contribution < -0.4 is 4.90 Å². The molecule has 4 aromatic heterocycles. The van der Waals surface area contributed by atoms with Crippen LogP contribution in [0.15, 0.2) is 43.1 Å². The highest BCUT2D eigenvalue weighted by Gasteiger charge is 2.35. The van der Waals surface area contributed by atoms with Crippen LogP contribution in [0.2, 0.25) is 0 Å². The lowest BCUT2D eigenvalue weighted by molar-refractivity contribution is 0.0645. The molecule has 0 spiro atoms. The molecule has 0 saturated carbocycles. The molecule has 9 nitrogen and oxygen atoms in total. The molecular weight excluding hydrogens is 557 g/mol. The summed E-state index contributed by atoms with van der Waals surface area (Å²) in [6.07, 6.45) is 9.11. The number of halogens is 2. The third kappa shape index (κ3) is 3.48. The van der Waals surface area contributed by atoms with Gasteiger partial charge in [-0.1, -0.05) is 0 Å². The van der Waals surface area contributed by atoms with E-state index in [1.54, 1.807) is 33.9 Å². The predicted octanol–water partition coefficient (Wildman–Crippen LogP) is 3.25. The SMILES string of the molecule is O=C(c1cnc(N2CCc3c(ncn3PI)C2c2cc3c(F)cccn3n2)cn1)N1CCC1. The Hall–Kier alpha value is -2.66. The van der Waals surface area contributed by atoms with Crippen molar-refractivity contribution in [1.29, 1.82) is 0 Å². The topological polar surface area (TPSA) is 84.5 Å². The Labute approximate surface area is 203 Å². The summed E-state index contributed by atoms with van der Waals surface area (Å²) in [6, 6.07) is 4.49. The van der Waals surface area contributed by atoms with E-state index < -0.39 is 0 Å². The molecule has 1 saturated heterocycles. The Kier molecular flexibility index (Phi) is 5.25. The summed E-state index contributed by atoms with van der Waals surface area (Å²) in [7, 11) is 0. The molecule has 1 amide bonds. The Morgan fingerprint density at radius 1 is 1.18 bits per heavy atom. The predicted molar refractivity (Wildman–Crippen MR) is 131 cm³/mol. The van der Waals surface area contributed by atoms with Crippen LogP contribution in [0.25, 0.3) is 5.52 Å². The summed E-state index contributed by atoms with van der Waals surface area (Å²) >= 11 is 2.34. The van der Waals surface area contributed by atoms with Gasteiger partial charge in [0.15, 0.2) is 0 Å². The number of pyridine rings is 1. The average Bonchev–Trinajstić information content (AvgIpc) is 3.42. The Morgan fingerprint density at radius 3 is 2.76 bits per heavy atom. The summed E-state index contributed by atoms with van der Waals surface area (Å²) < 4.78 is 18.1. The molecule has 2 unspecified atom stereocenters. The quantitative estimate of drug-likeness (QED) is 0.274. The highest BCUT2D eigenvalue weighted by atomic mass is 127. The maximum atomic E-state index is 14.4. The van der Waals surface area contributed by atoms with Gasteiger partial charge in [-0.2, -0.15) is 5.10 Å². The van der Waals surface area contributed by atoms with Crippen molar-refractivity contribution in [1.82, 2.24) is 33.8 Å². The van der Waals surface area contributed by atoms with Crippen LogP contribution in [0.4, 0.5) is 10.2 Å². The molecule has 2 atom stereocenters. The smallest absolute Gasteiger partial charge is 0.274 e. The van der Waals surface area contributed by atoms with Gasteiger partial charge in [-0.05, 0) is 46.7 Å². The number of carbonyl (C=O) groups is 1. The molecule has 0 radical (unpaired) electrons. The summed E-state index contributed by atoms with van der Waals surface area (Å²) in [6.45, 7) is 2.21. The van der Waals surface area contributed by atoms with Gasteiger partial charge in [-0.25, -0.2) is 23.9 Å². The standard InChI is InChI=1S/C21H19FIN8OP/c22-13-3-1-7-30-17(13)9-14(27-30)20-19-16(31(33-23)12-26-19)4-8-29(20)18-11-24-15(10-25-18)21(32)28-5-2-6-28/h1,3,7,9-12,20,33H,2,4-6,8H2. The van der Waals surface area contributed by atoms with Crippen molar-refractivity contribution in [2.75, 3.05) is 24.5 Å². The molecule has 2 aliphatic heterocycles. The Balaban J connectivity index is 1.42. The Morgan fingerprint density at radius 2 is 2.06 bits per heavy atom. The number of imidazole rings is 1. The minimum Gasteiger partial charge on any atom is -0.340 e. The highest BCUT2D eigenvalue weighted by Crippen LogP contribution is 2.39. The lowest BCUT2D eigenvalue weighted by atomic mass is 10.00. The molecule has 0 aliphatic carbocycles. The fraction of sp³-hybridized carbons (Fsp3) is 0.286. The lowest BCUT2D eigenvalue weighted by Gasteiger charge is -2.35. The summed E-state index contributed by atoms with van der Waals surface area (Å²) in [5.74, 6) is 0.219. The number of amides is 1. The highest BCUT2D eigenvalue weighted by molar-refractivity contribution is 14.2. The Bertz CT molecular complexity index is 1350. The number of anilines is 1. The van der Waals surface area contributed by atoms with Crippen LogP contribution in [0, 0.1) is 5.82 Å². The zero-order chi connectivity index (χ0) is 22.5. The minimum atomic E-state index is -0.340. The first-order valence-corrected chi connectivity index (χ1v) is 14.6. The normalized spacial score (nSPS) is 18.2. The number of hydrogen-bond donors (Lipinski definition) is 0. The molecule has 6 rings (SSSR count). The van der Waals surface area contributed by atoms with E-state index in [0.29, 0.717) is 35.6 Å². The van der Waals surface area contributed by atoms with E-state index in [-0.39, 0.29) is 17.8 Å². The number of aromatic nitrogens is 6. The summed E-state index contributed by atoms with van der Waals surface area (Å²) in [4.78, 5) is 30.0. The number of carbonyl (C=O) groups excluding carboxylic acids is 1. The second-order valence-corrected chi connectivity index (χ2v) is 10.1. The monoisotopic (exact) mass is 576 g/mol. The van der Waals surface area contributed by atoms with Gasteiger partial charge in [-0.15, -0.1) is 0 Å². The van der Waals surface area contributed by atoms with Crippen molar-refractivity contribution in [3.8, 4) is 0 Å². The van der Waals surface area contributed by atoms with Gasteiger partial charge in [0.1, 0.15) is 28.9 Å². The van der Waals surface area contributed by atoms with Crippen molar-refractivity contribution >= 4 is 45.7 Å². The largest absolute Gasteiger partial charge is 0.340 e. The van der Waals surface area contributed by atoms with Crippen LogP contribution >= 0.6 is 28.4 Å². The van der Waals surface area contributed by atoms with E-state index in [1.165, 1.54) is 12.3 Å². The molecular formula is C21H19FIN8OP. The van der Waals surface area contributed by atoms with Crippen molar-refractivity contribution in [2.24, 2.45) is 0 Å². The molecule has 2 aliphatic rings. The number of rotatable bonds is 4. The van der Waals surface area contributed by atoms with E-state index in [9.17, 15) is 9.18 Å². The molecule has 0 aromatic carbocycles. The van der Waals surface area contributed by atoms with Crippen LogP contribution in [0.1, 0.15) is 40.0 Å². The van der Waals surface area contributed by atoms with Gasteiger partial charge in [-0.3, -0.25) is 4.79 Å². The third-order valence-corrected chi connectivity index (χ3v) is 8.32. The first-order chi connectivity index (χ1) is 16.1. The van der Waals surface area contributed by atoms with E-state index in [1.807, 2.05) is 6.33 Å². The lowest BCUT2D eigenvalue weighted by Crippen LogP contribution is -2.42. The fourth-order valence-electron chi connectivity index (χ4n) is 4.38. The van der Waals surface area contributed by atoms with Crippen molar-refractivity contribution in [3.05, 3.63) is 71.7 Å². The van der Waals surface area contributed by atoms with Gasteiger partial charge in [0.2, 0.25) is 0 Å². The molecule has 1 fully saturated rings. The van der Waals surface area contributed by atoms with Crippen LogP contribution in [0.3, 0.4) is 0 Å². The number of likely N-dealkylation sites (tertiary alicyclic amines) is 1. The molecule has 0 bridgehead atoms. The minimum absolute atomic E-state index is 0.0876. The average molecular weight is 576 g/mol. The molecule has 12 heteroatoms. The second-order valence-electron chi connectivity index (χ2n) is 8.04. The van der Waals surface area contributed by atoms with E-state index in [0.717, 1.165) is 37.3 Å². The molecule has 6 heterocycles. The van der Waals surface area contributed by atoms with Crippen LogP contribution in [-0.2, 0) is 6.42 Å². The number of fused-ring (bicyclic) bond motifs is 2. The van der Waals surface area contributed by atoms with Gasteiger partial charge in [0.25, 0.3) is 5.91 Å². The number of nitrogens with zero attached hydrogens (tertiary/aromatic N) is 8. The van der Waals surface area contributed by atoms with E-state index in [2.05, 4.69) is 46.3 Å². The maximum absolute atomic E-state index is 14.4. The van der Waals surface area contributed by atoms with Gasteiger partial charge in [0.05, 0.1) is 30.1 Å². The molecule has 4 aromatic rings. The summed E-state index contributed by atoms with van der Waals surface area (Å²) in [5, 5.41) is 4.67. The van der Waals surface area contributed by atoms with Crippen LogP contribution in [0.5, 0.6) is 0 Å². The molecule has 0 N–H and O–H groups in total. The van der Waals surface area contributed by atoms with E-state index >= 15 is 0 Å².